The van der Waals surface area contributed by atoms with Gasteiger partial charge in [-0.3, -0.25) is 14.6 Å². The van der Waals surface area contributed by atoms with E-state index in [1.54, 1.807) is 19.1 Å². The topological polar surface area (TPSA) is 52.6 Å². The molecule has 0 saturated carbocycles. The van der Waals surface area contributed by atoms with Gasteiger partial charge in [-0.05, 0) is 42.0 Å². The Kier molecular flexibility index (Phi) is 4.86. The van der Waals surface area contributed by atoms with Gasteiger partial charge in [-0.1, -0.05) is 44.0 Å². The van der Waals surface area contributed by atoms with E-state index >= 15 is 0 Å². The first kappa shape index (κ1) is 18.3. The second-order valence-corrected chi connectivity index (χ2v) is 7.70. The largest absolute Gasteiger partial charge is 0.355 e. The summed E-state index contributed by atoms with van der Waals surface area (Å²) in [6, 6.07) is 1.76. The van der Waals surface area contributed by atoms with Gasteiger partial charge in [-0.2, -0.15) is 0 Å². The van der Waals surface area contributed by atoms with Gasteiger partial charge in [0, 0.05) is 23.8 Å². The molecule has 1 aromatic carbocycles. The summed E-state index contributed by atoms with van der Waals surface area (Å²) in [5.41, 5.74) is 2.63. The highest BCUT2D eigenvalue weighted by molar-refractivity contribution is 6.44. The quantitative estimate of drug-likeness (QED) is 0.531. The van der Waals surface area contributed by atoms with Gasteiger partial charge >= 0.3 is 5.97 Å². The summed E-state index contributed by atoms with van der Waals surface area (Å²) in [5, 5.41) is 0.521. The van der Waals surface area contributed by atoms with Crippen LogP contribution in [0.1, 0.15) is 51.2 Å². The van der Waals surface area contributed by atoms with Gasteiger partial charge in [0.2, 0.25) is 0 Å². The van der Waals surface area contributed by atoms with E-state index in [-0.39, 0.29) is 28.4 Å². The molecule has 1 aromatic rings. The predicted molar refractivity (Wildman–Crippen MR) is 96.7 cm³/mol. The molecule has 0 radical (unpaired) electrons. The number of hydrogen-bond donors (Lipinski definition) is 0. The number of carbonyl (C=O) groups excluding carboxylic acids is 2. The molecule has 0 aromatic heterocycles. The molecule has 1 atom stereocenters. The molecule has 134 valence electrons. The SMILES string of the molecule is CCC(=O)OOc1cc2c(c(Cl)c1Cl)C1=CC(=O)CCC1(C(C)C)C2. The van der Waals surface area contributed by atoms with Crippen LogP contribution in [-0.4, -0.2) is 11.8 Å². The van der Waals surface area contributed by atoms with E-state index in [9.17, 15) is 9.59 Å². The lowest BCUT2D eigenvalue weighted by Crippen LogP contribution is -2.31. The molecule has 0 spiro atoms. The molecule has 25 heavy (non-hydrogen) atoms. The summed E-state index contributed by atoms with van der Waals surface area (Å²) in [7, 11) is 0. The normalized spacial score (nSPS) is 21.7. The van der Waals surface area contributed by atoms with Crippen LogP contribution in [0.2, 0.25) is 10.0 Å². The lowest BCUT2D eigenvalue weighted by atomic mass is 9.66. The maximum Gasteiger partial charge on any atom is 0.355 e. The Hall–Kier alpha value is -1.52. The fraction of sp³-hybridized carbons (Fsp3) is 0.474. The van der Waals surface area contributed by atoms with Crippen LogP contribution in [-0.2, 0) is 20.9 Å². The van der Waals surface area contributed by atoms with Crippen molar-refractivity contribution in [3.05, 3.63) is 33.3 Å². The van der Waals surface area contributed by atoms with Gasteiger partial charge in [0.15, 0.2) is 11.5 Å². The van der Waals surface area contributed by atoms with Crippen molar-refractivity contribution >= 4 is 40.5 Å². The summed E-state index contributed by atoms with van der Waals surface area (Å²) < 4.78 is 0. The summed E-state index contributed by atoms with van der Waals surface area (Å²) in [4.78, 5) is 33.2. The molecular formula is C19H20Cl2O4. The van der Waals surface area contributed by atoms with Crippen molar-refractivity contribution in [1.29, 1.82) is 0 Å². The molecule has 1 unspecified atom stereocenters. The van der Waals surface area contributed by atoms with Gasteiger partial charge in [0.1, 0.15) is 5.02 Å². The number of allylic oxidation sites excluding steroid dienone is 2. The van der Waals surface area contributed by atoms with Crippen molar-refractivity contribution in [1.82, 2.24) is 0 Å². The monoisotopic (exact) mass is 382 g/mol. The maximum atomic E-state index is 12.0. The summed E-state index contributed by atoms with van der Waals surface area (Å²) in [6.45, 7) is 5.99. The highest BCUT2D eigenvalue weighted by Gasteiger charge is 2.47. The Morgan fingerprint density at radius 3 is 2.68 bits per heavy atom. The second-order valence-electron chi connectivity index (χ2n) is 6.94. The van der Waals surface area contributed by atoms with Gasteiger partial charge in [0.05, 0.1) is 5.02 Å². The van der Waals surface area contributed by atoms with Gasteiger partial charge in [-0.25, -0.2) is 4.79 Å². The van der Waals surface area contributed by atoms with Crippen LogP contribution in [0.25, 0.3) is 5.57 Å². The van der Waals surface area contributed by atoms with E-state index in [1.165, 1.54) is 0 Å². The van der Waals surface area contributed by atoms with Crippen molar-refractivity contribution < 1.29 is 19.4 Å². The van der Waals surface area contributed by atoms with Gasteiger partial charge in [-0.15, -0.1) is 0 Å². The van der Waals surface area contributed by atoms with E-state index in [1.807, 2.05) is 0 Å². The molecule has 0 bridgehead atoms. The van der Waals surface area contributed by atoms with Crippen molar-refractivity contribution in [2.24, 2.45) is 11.3 Å². The third kappa shape index (κ3) is 2.96. The minimum Gasteiger partial charge on any atom is -0.295 e. The maximum absolute atomic E-state index is 12.0. The average molecular weight is 383 g/mol. The molecule has 2 aliphatic rings. The predicted octanol–water partition coefficient (Wildman–Crippen LogP) is 5.19. The molecule has 2 aliphatic carbocycles. The Labute approximate surface area is 157 Å². The summed E-state index contributed by atoms with van der Waals surface area (Å²) in [5.74, 6) is 0.185. The first-order chi connectivity index (χ1) is 11.8. The third-order valence-corrected chi connectivity index (χ3v) is 6.16. The number of ketones is 1. The molecule has 0 aliphatic heterocycles. The lowest BCUT2D eigenvalue weighted by Gasteiger charge is -2.37. The molecule has 3 rings (SSSR count). The molecule has 0 saturated heterocycles. The molecule has 0 fully saturated rings. The van der Waals surface area contributed by atoms with E-state index in [0.29, 0.717) is 17.4 Å². The van der Waals surface area contributed by atoms with Crippen LogP contribution < -0.4 is 4.89 Å². The van der Waals surface area contributed by atoms with E-state index < -0.39 is 5.97 Å². The Morgan fingerprint density at radius 1 is 1.32 bits per heavy atom. The minimum atomic E-state index is -0.492. The van der Waals surface area contributed by atoms with Crippen molar-refractivity contribution in [2.45, 2.75) is 46.5 Å². The fourth-order valence-electron chi connectivity index (χ4n) is 3.80. The van der Waals surface area contributed by atoms with Crippen LogP contribution in [0.5, 0.6) is 5.75 Å². The standard InChI is InChI=1S/C19H20Cl2O4/c1-4-15(23)25-24-14-7-11-9-19(10(2)3)6-5-12(22)8-13(19)16(11)18(21)17(14)20/h7-8,10H,4-6,9H2,1-3H3. The van der Waals surface area contributed by atoms with Crippen LogP contribution in [0.3, 0.4) is 0 Å². The fourth-order valence-corrected chi connectivity index (χ4v) is 4.30. The summed E-state index contributed by atoms with van der Waals surface area (Å²) in [6.07, 6.45) is 4.00. The van der Waals surface area contributed by atoms with Crippen molar-refractivity contribution in [3.63, 3.8) is 0 Å². The van der Waals surface area contributed by atoms with Crippen LogP contribution in [0, 0.1) is 11.3 Å². The highest BCUT2D eigenvalue weighted by atomic mass is 35.5. The zero-order valence-electron chi connectivity index (χ0n) is 14.4. The zero-order valence-corrected chi connectivity index (χ0v) is 16.0. The smallest absolute Gasteiger partial charge is 0.295 e. The average Bonchev–Trinajstić information content (AvgIpc) is 2.91. The van der Waals surface area contributed by atoms with Crippen LogP contribution in [0.4, 0.5) is 0 Å². The second kappa shape index (κ2) is 6.65. The summed E-state index contributed by atoms with van der Waals surface area (Å²) >= 11 is 12.9. The van der Waals surface area contributed by atoms with Crippen LogP contribution >= 0.6 is 23.2 Å². The van der Waals surface area contributed by atoms with E-state index in [4.69, 9.17) is 33.0 Å². The minimum absolute atomic E-state index is 0.114. The molecule has 0 heterocycles. The lowest BCUT2D eigenvalue weighted by molar-refractivity contribution is -0.213. The van der Waals surface area contributed by atoms with Crippen molar-refractivity contribution in [3.8, 4) is 5.75 Å². The molecule has 0 N–H and O–H groups in total. The number of carbonyl (C=O) groups is 2. The number of fused-ring (bicyclic) bond motifs is 3. The Morgan fingerprint density at radius 2 is 2.04 bits per heavy atom. The Balaban J connectivity index is 2.08. The number of hydrogen-bond acceptors (Lipinski definition) is 4. The molecule has 4 nitrogen and oxygen atoms in total. The molecule has 0 amide bonds. The number of benzene rings is 1. The number of halogens is 2. The van der Waals surface area contributed by atoms with E-state index in [2.05, 4.69) is 13.8 Å². The number of rotatable bonds is 4. The van der Waals surface area contributed by atoms with Gasteiger partial charge < -0.3 is 0 Å². The first-order valence-corrected chi connectivity index (χ1v) is 9.19. The van der Waals surface area contributed by atoms with Crippen LogP contribution in [0.15, 0.2) is 12.1 Å². The Bertz CT molecular complexity index is 782. The van der Waals surface area contributed by atoms with E-state index in [0.717, 1.165) is 29.5 Å². The third-order valence-electron chi connectivity index (χ3n) is 5.31. The molecule has 6 heteroatoms. The zero-order chi connectivity index (χ0) is 18.4. The molecular weight excluding hydrogens is 363 g/mol. The van der Waals surface area contributed by atoms with Crippen molar-refractivity contribution in [2.75, 3.05) is 0 Å². The first-order valence-electron chi connectivity index (χ1n) is 8.43. The highest BCUT2D eigenvalue weighted by Crippen LogP contribution is 2.59. The van der Waals surface area contributed by atoms with Gasteiger partial charge in [0.25, 0.3) is 0 Å².